The second-order valence-corrected chi connectivity index (χ2v) is 5.80. The third-order valence-corrected chi connectivity index (χ3v) is 4.28. The average molecular weight is 266 g/mol. The fourth-order valence-electron chi connectivity index (χ4n) is 3.01. The van der Waals surface area contributed by atoms with E-state index in [-0.39, 0.29) is 12.0 Å². The smallest absolute Gasteiger partial charge is 0.147 e. The molecule has 0 atom stereocenters. The molecule has 1 aromatic heterocycles. The molecule has 1 saturated carbocycles. The predicted octanol–water partition coefficient (Wildman–Crippen LogP) is 1.92. The van der Waals surface area contributed by atoms with Gasteiger partial charge in [-0.25, -0.2) is 0 Å². The lowest BCUT2D eigenvalue weighted by molar-refractivity contribution is 0.142. The van der Waals surface area contributed by atoms with Gasteiger partial charge >= 0.3 is 0 Å². The highest BCUT2D eigenvalue weighted by atomic mass is 16.3. The minimum atomic E-state index is 0.0294. The van der Waals surface area contributed by atoms with Crippen molar-refractivity contribution in [3.63, 3.8) is 0 Å². The van der Waals surface area contributed by atoms with Gasteiger partial charge in [-0.3, -0.25) is 4.68 Å². The van der Waals surface area contributed by atoms with Crippen molar-refractivity contribution in [2.24, 2.45) is 12.5 Å². The van der Waals surface area contributed by atoms with Gasteiger partial charge in [-0.15, -0.1) is 0 Å². The Kier molecular flexibility index (Phi) is 4.34. The zero-order valence-electron chi connectivity index (χ0n) is 12.1. The van der Waals surface area contributed by atoms with E-state index in [1.54, 1.807) is 0 Å². The van der Waals surface area contributed by atoms with Crippen LogP contribution in [0.2, 0.25) is 0 Å². The Labute approximate surface area is 115 Å². The summed E-state index contributed by atoms with van der Waals surface area (Å²) >= 11 is 0. The zero-order valence-corrected chi connectivity index (χ0v) is 12.1. The molecule has 0 saturated heterocycles. The van der Waals surface area contributed by atoms with E-state index in [9.17, 15) is 5.11 Å². The van der Waals surface area contributed by atoms with Gasteiger partial charge in [-0.05, 0) is 19.3 Å². The Bertz CT molecular complexity index is 421. The summed E-state index contributed by atoms with van der Waals surface area (Å²) < 4.78 is 1.82. The molecular weight excluding hydrogens is 240 g/mol. The molecule has 1 aliphatic carbocycles. The number of aryl methyl sites for hydroxylation is 2. The minimum Gasteiger partial charge on any atom is -0.396 e. The highest BCUT2D eigenvalue weighted by molar-refractivity contribution is 5.65. The lowest BCUT2D eigenvalue weighted by Gasteiger charge is -2.27. The topological polar surface area (TPSA) is 76.1 Å². The Balaban J connectivity index is 2.06. The van der Waals surface area contributed by atoms with Crippen LogP contribution in [0.15, 0.2) is 0 Å². The maximum Gasteiger partial charge on any atom is 0.147 e. The maximum absolute atomic E-state index is 9.63. The summed E-state index contributed by atoms with van der Waals surface area (Å²) in [6, 6.07) is 0. The third-order valence-electron chi connectivity index (χ3n) is 4.28. The van der Waals surface area contributed by atoms with Crippen molar-refractivity contribution < 1.29 is 5.11 Å². The molecule has 5 heteroatoms. The molecule has 0 aliphatic heterocycles. The Hall–Kier alpha value is -1.23. The number of nitrogens with one attached hydrogen (secondary N) is 1. The van der Waals surface area contributed by atoms with Gasteiger partial charge in [0.15, 0.2) is 0 Å². The van der Waals surface area contributed by atoms with E-state index in [1.807, 2.05) is 11.7 Å². The summed E-state index contributed by atoms with van der Waals surface area (Å²) in [7, 11) is 1.91. The molecule has 0 spiro atoms. The second kappa shape index (κ2) is 5.82. The fraction of sp³-hybridized carbons (Fsp3) is 0.786. The number of anilines is 2. The van der Waals surface area contributed by atoms with Crippen LogP contribution in [-0.4, -0.2) is 28.0 Å². The number of hydrogen-bond donors (Lipinski definition) is 3. The molecule has 1 aromatic rings. The van der Waals surface area contributed by atoms with Gasteiger partial charge in [-0.1, -0.05) is 26.2 Å². The van der Waals surface area contributed by atoms with Gasteiger partial charge in [0, 0.05) is 19.0 Å². The first-order chi connectivity index (χ1) is 9.12. The maximum atomic E-state index is 9.63. The number of nitrogen functional groups attached to an aromatic ring is 1. The van der Waals surface area contributed by atoms with E-state index < -0.39 is 0 Å². The van der Waals surface area contributed by atoms with Gasteiger partial charge in [0.05, 0.1) is 18.0 Å². The Morgan fingerprint density at radius 3 is 2.68 bits per heavy atom. The van der Waals surface area contributed by atoms with E-state index in [0.29, 0.717) is 0 Å². The standard InChI is InChI=1S/C14H26N4O/c1-3-6-11-12(15)13(18(2)17-11)16-9-14(10-19)7-4-5-8-14/h16,19H,3-10,15H2,1-2H3. The molecule has 1 heterocycles. The lowest BCUT2D eigenvalue weighted by Crippen LogP contribution is -2.31. The van der Waals surface area contributed by atoms with Crippen molar-refractivity contribution in [2.45, 2.75) is 45.4 Å². The molecule has 1 aliphatic rings. The van der Waals surface area contributed by atoms with Crippen LogP contribution in [0.25, 0.3) is 0 Å². The first-order valence-electron chi connectivity index (χ1n) is 7.28. The number of aliphatic hydroxyl groups excluding tert-OH is 1. The van der Waals surface area contributed by atoms with Gasteiger partial charge in [0.25, 0.3) is 0 Å². The van der Waals surface area contributed by atoms with Crippen molar-refractivity contribution in [3.8, 4) is 0 Å². The minimum absolute atomic E-state index is 0.0294. The van der Waals surface area contributed by atoms with Gasteiger partial charge in [0.1, 0.15) is 5.82 Å². The molecule has 0 radical (unpaired) electrons. The highest BCUT2D eigenvalue weighted by Gasteiger charge is 2.33. The van der Waals surface area contributed by atoms with Crippen molar-refractivity contribution in [1.82, 2.24) is 9.78 Å². The zero-order chi connectivity index (χ0) is 13.9. The van der Waals surface area contributed by atoms with E-state index >= 15 is 0 Å². The van der Waals surface area contributed by atoms with Gasteiger partial charge in [0.2, 0.25) is 0 Å². The van der Waals surface area contributed by atoms with Gasteiger partial charge in [-0.2, -0.15) is 5.10 Å². The van der Waals surface area contributed by atoms with Crippen LogP contribution >= 0.6 is 0 Å². The summed E-state index contributed by atoms with van der Waals surface area (Å²) in [6.45, 7) is 3.15. The number of nitrogens with two attached hydrogens (primary N) is 1. The summed E-state index contributed by atoms with van der Waals surface area (Å²) in [5, 5.41) is 17.5. The Morgan fingerprint density at radius 2 is 2.11 bits per heavy atom. The first kappa shape index (κ1) is 14.2. The largest absolute Gasteiger partial charge is 0.396 e. The molecular formula is C14H26N4O. The normalized spacial score (nSPS) is 17.8. The van der Waals surface area contributed by atoms with Crippen LogP contribution in [0.3, 0.4) is 0 Å². The van der Waals surface area contributed by atoms with Gasteiger partial charge < -0.3 is 16.2 Å². The van der Waals surface area contributed by atoms with Crippen LogP contribution < -0.4 is 11.1 Å². The van der Waals surface area contributed by atoms with Crippen LogP contribution in [0.4, 0.5) is 11.5 Å². The molecule has 0 unspecified atom stereocenters. The number of hydrogen-bond acceptors (Lipinski definition) is 4. The third kappa shape index (κ3) is 2.86. The van der Waals surface area contributed by atoms with E-state index in [0.717, 1.165) is 49.4 Å². The number of nitrogens with zero attached hydrogens (tertiary/aromatic N) is 2. The summed E-state index contributed by atoms with van der Waals surface area (Å²) in [5.41, 5.74) is 7.91. The van der Waals surface area contributed by atoms with E-state index in [1.165, 1.54) is 12.8 Å². The fourth-order valence-corrected chi connectivity index (χ4v) is 3.01. The first-order valence-corrected chi connectivity index (χ1v) is 7.28. The quantitative estimate of drug-likeness (QED) is 0.735. The molecule has 5 nitrogen and oxygen atoms in total. The molecule has 0 amide bonds. The monoisotopic (exact) mass is 266 g/mol. The molecule has 108 valence electrons. The van der Waals surface area contributed by atoms with E-state index in [2.05, 4.69) is 17.3 Å². The molecule has 1 fully saturated rings. The Morgan fingerprint density at radius 1 is 1.42 bits per heavy atom. The van der Waals surface area contributed by atoms with Crippen LogP contribution in [0, 0.1) is 5.41 Å². The number of aliphatic hydroxyl groups is 1. The molecule has 4 N–H and O–H groups in total. The van der Waals surface area contributed by atoms with Crippen molar-refractivity contribution in [1.29, 1.82) is 0 Å². The molecule has 0 aromatic carbocycles. The van der Waals surface area contributed by atoms with E-state index in [4.69, 9.17) is 5.73 Å². The highest BCUT2D eigenvalue weighted by Crippen LogP contribution is 2.38. The van der Waals surface area contributed by atoms with Crippen LogP contribution in [0.1, 0.15) is 44.7 Å². The van der Waals surface area contributed by atoms with Crippen molar-refractivity contribution in [3.05, 3.63) is 5.69 Å². The SMILES string of the molecule is CCCc1nn(C)c(NCC2(CO)CCCC2)c1N. The number of aromatic nitrogens is 2. The summed E-state index contributed by atoms with van der Waals surface area (Å²) in [4.78, 5) is 0. The average Bonchev–Trinajstić information content (AvgIpc) is 2.96. The summed E-state index contributed by atoms with van der Waals surface area (Å²) in [5.74, 6) is 0.892. The molecule has 2 rings (SSSR count). The number of rotatable bonds is 6. The lowest BCUT2D eigenvalue weighted by atomic mass is 9.87. The molecule has 0 bridgehead atoms. The second-order valence-electron chi connectivity index (χ2n) is 5.80. The summed E-state index contributed by atoms with van der Waals surface area (Å²) in [6.07, 6.45) is 6.56. The predicted molar refractivity (Wildman–Crippen MR) is 78.1 cm³/mol. The van der Waals surface area contributed by atoms with Crippen LogP contribution in [-0.2, 0) is 13.5 Å². The molecule has 19 heavy (non-hydrogen) atoms. The van der Waals surface area contributed by atoms with Crippen LogP contribution in [0.5, 0.6) is 0 Å². The van der Waals surface area contributed by atoms with Crippen molar-refractivity contribution in [2.75, 3.05) is 24.2 Å². The van der Waals surface area contributed by atoms with Crippen molar-refractivity contribution >= 4 is 11.5 Å².